The Labute approximate surface area is 175 Å². The van der Waals surface area contributed by atoms with E-state index in [1.807, 2.05) is 60.4 Å². The van der Waals surface area contributed by atoms with E-state index in [4.69, 9.17) is 26.4 Å². The molecular weight excluding hydrogens is 388 g/mol. The number of ether oxygens (including phenoxy) is 3. The summed E-state index contributed by atoms with van der Waals surface area (Å²) in [7, 11) is 1.60. The fourth-order valence-corrected chi connectivity index (χ4v) is 4.46. The third kappa shape index (κ3) is 3.11. The lowest BCUT2D eigenvalue weighted by molar-refractivity contribution is -0.159. The Balaban J connectivity index is 1.87. The van der Waals surface area contributed by atoms with Crippen molar-refractivity contribution >= 4 is 29.0 Å². The van der Waals surface area contributed by atoms with Gasteiger partial charge >= 0.3 is 5.97 Å². The van der Waals surface area contributed by atoms with Gasteiger partial charge in [0.25, 0.3) is 0 Å². The van der Waals surface area contributed by atoms with E-state index in [1.165, 1.54) is 0 Å². The summed E-state index contributed by atoms with van der Waals surface area (Å²) >= 11 is 5.69. The molecule has 4 rings (SSSR count). The van der Waals surface area contributed by atoms with Crippen LogP contribution >= 0.6 is 12.2 Å². The fourth-order valence-electron chi connectivity index (χ4n) is 4.05. The number of benzene rings is 2. The maximum atomic E-state index is 13.1. The second-order valence-corrected chi connectivity index (χ2v) is 7.44. The van der Waals surface area contributed by atoms with Crippen LogP contribution in [0.3, 0.4) is 0 Å². The van der Waals surface area contributed by atoms with E-state index in [0.29, 0.717) is 16.6 Å². The maximum absolute atomic E-state index is 13.1. The molecule has 2 aliphatic rings. The minimum Gasteiger partial charge on any atom is -0.497 e. The number of carbonyl (C=O) groups excluding carboxylic acids is 1. The van der Waals surface area contributed by atoms with Crippen molar-refractivity contribution in [1.82, 2.24) is 5.32 Å². The summed E-state index contributed by atoms with van der Waals surface area (Å²) < 4.78 is 17.3. The zero-order valence-corrected chi connectivity index (χ0v) is 17.1. The third-order valence-electron chi connectivity index (χ3n) is 5.32. The van der Waals surface area contributed by atoms with E-state index in [9.17, 15) is 4.79 Å². The van der Waals surface area contributed by atoms with Crippen molar-refractivity contribution in [2.45, 2.75) is 18.7 Å². The molecule has 1 saturated heterocycles. The molecule has 2 aromatic rings. The van der Waals surface area contributed by atoms with E-state index in [2.05, 4.69) is 11.9 Å². The molecule has 0 aromatic heterocycles. The smallest absolute Gasteiger partial charge is 0.317 e. The van der Waals surface area contributed by atoms with E-state index in [1.54, 1.807) is 13.2 Å². The van der Waals surface area contributed by atoms with Crippen LogP contribution in [0.15, 0.2) is 61.2 Å². The predicted molar refractivity (Wildman–Crippen MR) is 114 cm³/mol. The van der Waals surface area contributed by atoms with Crippen LogP contribution in [0.25, 0.3) is 0 Å². The van der Waals surface area contributed by atoms with Gasteiger partial charge in [-0.05, 0) is 49.5 Å². The van der Waals surface area contributed by atoms with E-state index < -0.39 is 17.7 Å². The van der Waals surface area contributed by atoms with Gasteiger partial charge in [-0.2, -0.15) is 0 Å². The van der Waals surface area contributed by atoms with Crippen molar-refractivity contribution < 1.29 is 19.0 Å². The number of nitrogens with zero attached hydrogens (tertiary/aromatic N) is 1. The summed E-state index contributed by atoms with van der Waals surface area (Å²) in [6, 6.07) is 14.7. The van der Waals surface area contributed by atoms with Crippen LogP contribution in [0.4, 0.5) is 5.69 Å². The first-order valence-electron chi connectivity index (χ1n) is 9.30. The number of esters is 1. The lowest BCUT2D eigenvalue weighted by atomic mass is 9.79. The van der Waals surface area contributed by atoms with Crippen LogP contribution in [0, 0.1) is 5.92 Å². The average Bonchev–Trinajstić information content (AvgIpc) is 2.72. The molecule has 1 fully saturated rings. The van der Waals surface area contributed by atoms with Crippen LogP contribution in [-0.4, -0.2) is 30.5 Å². The summed E-state index contributed by atoms with van der Waals surface area (Å²) in [5.74, 6) is 0.283. The highest BCUT2D eigenvalue weighted by molar-refractivity contribution is 7.80. The summed E-state index contributed by atoms with van der Waals surface area (Å²) in [6.07, 6.45) is 1.55. The molecule has 6 nitrogen and oxygen atoms in total. The van der Waals surface area contributed by atoms with Crippen LogP contribution in [0.2, 0.25) is 0 Å². The van der Waals surface area contributed by atoms with Crippen molar-refractivity contribution in [3.05, 3.63) is 66.7 Å². The second kappa shape index (κ2) is 7.40. The Morgan fingerprint density at radius 1 is 1.34 bits per heavy atom. The molecule has 0 unspecified atom stereocenters. The Bertz CT molecular complexity index is 965. The monoisotopic (exact) mass is 410 g/mol. The van der Waals surface area contributed by atoms with Crippen molar-refractivity contribution in [3.8, 4) is 11.5 Å². The highest BCUT2D eigenvalue weighted by atomic mass is 32.1. The van der Waals surface area contributed by atoms with Gasteiger partial charge in [0.1, 0.15) is 24.0 Å². The summed E-state index contributed by atoms with van der Waals surface area (Å²) in [4.78, 5) is 15.0. The van der Waals surface area contributed by atoms with Crippen molar-refractivity contribution in [2.75, 3.05) is 18.6 Å². The largest absolute Gasteiger partial charge is 0.497 e. The van der Waals surface area contributed by atoms with Crippen molar-refractivity contribution in [2.24, 2.45) is 5.92 Å². The molecule has 2 bridgehead atoms. The first-order valence-corrected chi connectivity index (χ1v) is 9.70. The number of para-hydroxylation sites is 1. The van der Waals surface area contributed by atoms with Crippen molar-refractivity contribution in [1.29, 1.82) is 0 Å². The molecule has 0 saturated carbocycles. The zero-order chi connectivity index (χ0) is 20.6. The van der Waals surface area contributed by atoms with Gasteiger partial charge in [-0.25, -0.2) is 0 Å². The summed E-state index contributed by atoms with van der Waals surface area (Å²) in [6.45, 7) is 5.62. The van der Waals surface area contributed by atoms with Gasteiger partial charge in [0.2, 0.25) is 5.72 Å². The SMILES string of the molecule is C=CCOC(=O)[C@H]1[C@@H]2NC(=S)N(c3ccccc3)[C@]1(C)Oc1ccc(OC)cc12. The Kier molecular flexibility index (Phi) is 4.92. The molecule has 2 heterocycles. The standard InChI is InChI=1S/C22H22N2O4S/c1-4-12-27-20(25)18-19-16-13-15(26-3)10-11-17(16)28-22(18,2)24(21(29)23-19)14-8-6-5-7-9-14/h4-11,13,18-19H,1,12H2,2-3H3,(H,23,29)/t18-,19-,22-/m1/s1. The number of methoxy groups -OCH3 is 1. The molecule has 150 valence electrons. The van der Waals surface area contributed by atoms with E-state index >= 15 is 0 Å². The fraction of sp³-hybridized carbons (Fsp3) is 0.273. The molecule has 2 aliphatic heterocycles. The molecule has 0 aliphatic carbocycles. The molecular formula is C22H22N2O4S. The number of rotatable bonds is 5. The number of nitrogens with one attached hydrogen (secondary N) is 1. The number of fused-ring (bicyclic) bond motifs is 4. The van der Waals surface area contributed by atoms with Gasteiger partial charge in [0.05, 0.1) is 13.2 Å². The zero-order valence-electron chi connectivity index (χ0n) is 16.3. The maximum Gasteiger partial charge on any atom is 0.317 e. The highest BCUT2D eigenvalue weighted by Gasteiger charge is 2.59. The minimum absolute atomic E-state index is 0.124. The van der Waals surface area contributed by atoms with Crippen LogP contribution in [-0.2, 0) is 9.53 Å². The van der Waals surface area contributed by atoms with Crippen LogP contribution < -0.4 is 19.7 Å². The molecule has 0 radical (unpaired) electrons. The number of hydrogen-bond donors (Lipinski definition) is 1. The van der Waals surface area contributed by atoms with E-state index in [-0.39, 0.29) is 12.6 Å². The van der Waals surface area contributed by atoms with Gasteiger partial charge in [0, 0.05) is 11.3 Å². The van der Waals surface area contributed by atoms with Gasteiger partial charge in [-0.3, -0.25) is 9.69 Å². The van der Waals surface area contributed by atoms with Gasteiger partial charge in [0.15, 0.2) is 5.11 Å². The second-order valence-electron chi connectivity index (χ2n) is 7.05. The molecule has 29 heavy (non-hydrogen) atoms. The number of thiocarbonyl (C=S) groups is 1. The summed E-state index contributed by atoms with van der Waals surface area (Å²) in [5, 5.41) is 3.81. The molecule has 7 heteroatoms. The molecule has 0 amide bonds. The molecule has 3 atom stereocenters. The van der Waals surface area contributed by atoms with Gasteiger partial charge in [-0.15, -0.1) is 0 Å². The summed E-state index contributed by atoms with van der Waals surface area (Å²) in [5.41, 5.74) is 0.552. The Hall–Kier alpha value is -3.06. The lowest BCUT2D eigenvalue weighted by Gasteiger charge is -2.55. The predicted octanol–water partition coefficient (Wildman–Crippen LogP) is 3.59. The van der Waals surface area contributed by atoms with Crippen LogP contribution in [0.1, 0.15) is 18.5 Å². The third-order valence-corrected chi connectivity index (χ3v) is 5.62. The number of hydrogen-bond acceptors (Lipinski definition) is 5. The molecule has 1 N–H and O–H groups in total. The van der Waals surface area contributed by atoms with Crippen molar-refractivity contribution in [3.63, 3.8) is 0 Å². The normalized spacial score (nSPS) is 24.6. The Morgan fingerprint density at radius 3 is 2.79 bits per heavy atom. The minimum atomic E-state index is -1.08. The molecule has 0 spiro atoms. The quantitative estimate of drug-likeness (QED) is 0.459. The Morgan fingerprint density at radius 2 is 2.10 bits per heavy atom. The van der Waals surface area contributed by atoms with Gasteiger partial charge in [-0.1, -0.05) is 30.9 Å². The lowest BCUT2D eigenvalue weighted by Crippen LogP contribution is -2.71. The first kappa shape index (κ1) is 19.3. The van der Waals surface area contributed by atoms with E-state index in [0.717, 1.165) is 11.3 Å². The highest BCUT2D eigenvalue weighted by Crippen LogP contribution is 2.50. The van der Waals surface area contributed by atoms with Crippen LogP contribution in [0.5, 0.6) is 11.5 Å². The first-order chi connectivity index (χ1) is 14.0. The number of anilines is 1. The topological polar surface area (TPSA) is 60.0 Å². The number of carbonyl (C=O) groups is 1. The average molecular weight is 410 g/mol. The van der Waals surface area contributed by atoms with Gasteiger partial charge < -0.3 is 19.5 Å². The molecule has 2 aromatic carbocycles.